The van der Waals surface area contributed by atoms with Crippen molar-refractivity contribution < 1.29 is 39.7 Å². The van der Waals surface area contributed by atoms with Gasteiger partial charge in [-0.1, -0.05) is 30.0 Å². The highest BCUT2D eigenvalue weighted by Gasteiger charge is 2.54. The number of carboxylic acid groups (broad SMARTS) is 2. The summed E-state index contributed by atoms with van der Waals surface area (Å²) in [5.74, 6) is -3.84. The second-order valence-corrected chi connectivity index (χ2v) is 10.9. The summed E-state index contributed by atoms with van der Waals surface area (Å²) in [6, 6.07) is 5.50. The molecule has 0 aliphatic carbocycles. The zero-order valence-corrected chi connectivity index (χ0v) is 23.2. The number of nitrogens with zero attached hydrogens (tertiary/aromatic N) is 6. The SMILES string of the molecule is Cn1nnnc1SCC1=C(C(=O)O)N2C(=O)[C@@H](NC(=O)Cc3ccccc3NC(=O)c3nc[nH]c3C(=O)O)[C@H]2SC1.O. The van der Waals surface area contributed by atoms with Crippen LogP contribution in [0.25, 0.3) is 0 Å². The van der Waals surface area contributed by atoms with Gasteiger partial charge in [-0.3, -0.25) is 19.3 Å². The van der Waals surface area contributed by atoms with Gasteiger partial charge in [-0.05, 0) is 27.6 Å². The lowest BCUT2D eigenvalue weighted by Crippen LogP contribution is -2.70. The molecule has 1 fully saturated rings. The maximum atomic E-state index is 13.0. The molecular weight excluding hydrogens is 594 g/mol. The molecule has 220 valence electrons. The van der Waals surface area contributed by atoms with Crippen LogP contribution in [0.15, 0.2) is 47.0 Å². The molecule has 17 nitrogen and oxygen atoms in total. The Kier molecular flexibility index (Phi) is 8.93. The van der Waals surface area contributed by atoms with Crippen LogP contribution in [-0.2, 0) is 27.9 Å². The van der Waals surface area contributed by atoms with Crippen molar-refractivity contribution in [3.63, 3.8) is 0 Å². The summed E-state index contributed by atoms with van der Waals surface area (Å²) in [7, 11) is 1.66. The van der Waals surface area contributed by atoms with E-state index < -0.39 is 41.1 Å². The zero-order valence-electron chi connectivity index (χ0n) is 21.6. The fourth-order valence-corrected chi connectivity index (χ4v) is 6.63. The highest BCUT2D eigenvalue weighted by atomic mass is 32.2. The summed E-state index contributed by atoms with van der Waals surface area (Å²) < 4.78 is 1.46. The minimum Gasteiger partial charge on any atom is -0.477 e. The number of fused-ring (bicyclic) bond motifs is 1. The van der Waals surface area contributed by atoms with E-state index in [1.165, 1.54) is 33.1 Å². The Morgan fingerprint density at radius 3 is 2.64 bits per heavy atom. The van der Waals surface area contributed by atoms with Crippen LogP contribution in [0.2, 0.25) is 0 Å². The molecule has 2 aromatic heterocycles. The molecule has 0 bridgehead atoms. The number of para-hydroxylation sites is 1. The van der Waals surface area contributed by atoms with Crippen LogP contribution < -0.4 is 10.6 Å². The maximum Gasteiger partial charge on any atom is 0.354 e. The lowest BCUT2D eigenvalue weighted by atomic mass is 10.0. The molecule has 1 aromatic carbocycles. The molecule has 2 aliphatic rings. The zero-order chi connectivity index (χ0) is 29.3. The van der Waals surface area contributed by atoms with Crippen molar-refractivity contribution in [3.05, 3.63) is 58.8 Å². The normalized spacial score (nSPS) is 17.5. The van der Waals surface area contributed by atoms with Crippen molar-refractivity contribution in [2.75, 3.05) is 16.8 Å². The van der Waals surface area contributed by atoms with Gasteiger partial charge < -0.3 is 31.3 Å². The quantitative estimate of drug-likeness (QED) is 0.137. The number of tetrazole rings is 1. The fourth-order valence-electron chi connectivity index (χ4n) is 4.29. The monoisotopic (exact) mass is 617 g/mol. The van der Waals surface area contributed by atoms with Crippen molar-refractivity contribution in [2.24, 2.45) is 7.05 Å². The molecular formula is C23H23N9O8S2. The number of thioether (sulfide) groups is 2. The molecule has 2 atom stereocenters. The van der Waals surface area contributed by atoms with E-state index in [1.54, 1.807) is 31.3 Å². The van der Waals surface area contributed by atoms with E-state index in [-0.39, 0.29) is 40.4 Å². The van der Waals surface area contributed by atoms with E-state index in [4.69, 9.17) is 0 Å². The molecule has 7 N–H and O–H groups in total. The second kappa shape index (κ2) is 12.4. The van der Waals surface area contributed by atoms with Crippen molar-refractivity contribution in [3.8, 4) is 0 Å². The summed E-state index contributed by atoms with van der Waals surface area (Å²) in [5.41, 5.74) is 0.403. The van der Waals surface area contributed by atoms with Crippen LogP contribution in [-0.4, -0.2) is 103 Å². The molecule has 3 aromatic rings. The van der Waals surface area contributed by atoms with E-state index in [9.17, 15) is 34.2 Å². The van der Waals surface area contributed by atoms with Gasteiger partial charge in [-0.2, -0.15) is 0 Å². The summed E-state index contributed by atoms with van der Waals surface area (Å²) in [6.45, 7) is 0. The molecule has 0 spiro atoms. The molecule has 42 heavy (non-hydrogen) atoms. The minimum absolute atomic E-state index is 0. The number of aryl methyl sites for hydroxylation is 1. The Bertz CT molecular complexity index is 1600. The number of hydrogen-bond donors (Lipinski definition) is 5. The van der Waals surface area contributed by atoms with Crippen molar-refractivity contribution >= 4 is 58.9 Å². The summed E-state index contributed by atoms with van der Waals surface area (Å²) in [4.78, 5) is 69.3. The van der Waals surface area contributed by atoms with Crippen molar-refractivity contribution in [2.45, 2.75) is 23.0 Å². The average molecular weight is 618 g/mol. The Hall–Kier alpha value is -4.75. The molecule has 0 saturated carbocycles. The lowest BCUT2D eigenvalue weighted by Gasteiger charge is -2.49. The number of aromatic nitrogens is 6. The van der Waals surface area contributed by atoms with Gasteiger partial charge in [0, 0.05) is 24.2 Å². The molecule has 5 rings (SSSR count). The number of nitrogens with one attached hydrogen (secondary N) is 3. The number of carbonyl (C=O) groups is 5. The van der Waals surface area contributed by atoms with E-state index >= 15 is 0 Å². The van der Waals surface area contributed by atoms with Gasteiger partial charge in [-0.15, -0.1) is 16.9 Å². The van der Waals surface area contributed by atoms with Gasteiger partial charge in [-0.25, -0.2) is 19.3 Å². The van der Waals surface area contributed by atoms with Crippen molar-refractivity contribution in [1.29, 1.82) is 0 Å². The molecule has 0 unspecified atom stereocenters. The third-order valence-electron chi connectivity index (χ3n) is 6.21. The number of hydrogen-bond acceptors (Lipinski definition) is 11. The van der Waals surface area contributed by atoms with Crippen molar-refractivity contribution in [1.82, 2.24) is 40.4 Å². The smallest absolute Gasteiger partial charge is 0.354 e. The number of carboxylic acids is 2. The molecule has 2 aliphatic heterocycles. The number of carbonyl (C=O) groups excluding carboxylic acids is 3. The van der Waals surface area contributed by atoms with Crippen LogP contribution >= 0.6 is 23.5 Å². The third kappa shape index (κ3) is 5.83. The number of aromatic amines is 1. The number of amides is 3. The van der Waals surface area contributed by atoms with Crippen LogP contribution in [0.1, 0.15) is 26.5 Å². The predicted molar refractivity (Wildman–Crippen MR) is 146 cm³/mol. The maximum absolute atomic E-state index is 13.0. The standard InChI is InChI=1S/C23H21N9O7S2.H2O/c1-31-23(28-29-30-31)41-8-11-7-40-20-16(19(35)32(20)17(11)22(38)39)27-13(33)6-10-4-2-3-5-12(10)26-18(34)14-15(21(36)37)25-9-24-14;/h2-5,9,16,20H,6-8H2,1H3,(H,24,25)(H,26,34)(H,27,33)(H,36,37)(H,38,39);1H2/t16-,20-;/m1./s1. The third-order valence-corrected chi connectivity index (χ3v) is 8.64. The number of imidazole rings is 1. The first-order valence-electron chi connectivity index (χ1n) is 11.9. The molecule has 19 heteroatoms. The fraction of sp³-hybridized carbons (Fsp3) is 0.261. The first kappa shape index (κ1) is 30.2. The van der Waals surface area contributed by atoms with Gasteiger partial charge in [0.1, 0.15) is 17.1 Å². The van der Waals surface area contributed by atoms with Crippen LogP contribution in [0, 0.1) is 0 Å². The lowest BCUT2D eigenvalue weighted by molar-refractivity contribution is -0.150. The summed E-state index contributed by atoms with van der Waals surface area (Å²) >= 11 is 2.59. The average Bonchev–Trinajstić information content (AvgIpc) is 3.60. The van der Waals surface area contributed by atoms with E-state index in [0.717, 1.165) is 6.33 Å². The molecule has 1 saturated heterocycles. The number of H-pyrrole nitrogens is 1. The van der Waals surface area contributed by atoms with Gasteiger partial charge >= 0.3 is 11.9 Å². The highest BCUT2D eigenvalue weighted by Crippen LogP contribution is 2.41. The summed E-state index contributed by atoms with van der Waals surface area (Å²) in [5, 5.41) is 35.4. The van der Waals surface area contributed by atoms with Gasteiger partial charge in [0.15, 0.2) is 11.4 Å². The summed E-state index contributed by atoms with van der Waals surface area (Å²) in [6.07, 6.45) is 0.876. The van der Waals surface area contributed by atoms with E-state index in [0.29, 0.717) is 22.0 Å². The Labute approximate surface area is 244 Å². The predicted octanol–water partition coefficient (Wildman–Crippen LogP) is -0.868. The minimum atomic E-state index is -1.35. The topological polar surface area (TPSA) is 257 Å². The molecule has 0 radical (unpaired) electrons. The van der Waals surface area contributed by atoms with Gasteiger partial charge in [0.25, 0.3) is 11.8 Å². The van der Waals surface area contributed by atoms with Crippen LogP contribution in [0.4, 0.5) is 5.69 Å². The Morgan fingerprint density at radius 2 is 1.95 bits per heavy atom. The highest BCUT2D eigenvalue weighted by molar-refractivity contribution is 8.01. The van der Waals surface area contributed by atoms with Gasteiger partial charge in [0.2, 0.25) is 11.1 Å². The second-order valence-electron chi connectivity index (χ2n) is 8.81. The number of rotatable bonds is 10. The van der Waals surface area contributed by atoms with Gasteiger partial charge in [0.05, 0.1) is 12.7 Å². The van der Waals surface area contributed by atoms with E-state index in [2.05, 4.69) is 36.1 Å². The Morgan fingerprint density at radius 1 is 1.19 bits per heavy atom. The first-order chi connectivity index (χ1) is 19.7. The first-order valence-corrected chi connectivity index (χ1v) is 13.9. The number of aliphatic carboxylic acids is 1. The molecule has 4 heterocycles. The van der Waals surface area contributed by atoms with Crippen LogP contribution in [0.3, 0.4) is 0 Å². The largest absolute Gasteiger partial charge is 0.477 e. The number of benzene rings is 1. The van der Waals surface area contributed by atoms with Crippen LogP contribution in [0.5, 0.6) is 0 Å². The van der Waals surface area contributed by atoms with E-state index in [1.807, 2.05) is 0 Å². The Balaban J connectivity index is 0.00000405. The number of anilines is 1. The number of aromatic carboxylic acids is 1. The molecule has 3 amide bonds. The number of β-lactam (4-membered cyclic amide) rings is 1.